The van der Waals surface area contributed by atoms with Gasteiger partial charge in [-0.15, -0.1) is 0 Å². The van der Waals surface area contributed by atoms with Crippen LogP contribution in [0.4, 0.5) is 16.0 Å². The summed E-state index contributed by atoms with van der Waals surface area (Å²) in [4.78, 5) is 30.6. The molecule has 0 aliphatic heterocycles. The molecule has 1 aromatic heterocycles. The summed E-state index contributed by atoms with van der Waals surface area (Å²) in [6, 6.07) is 7.22. The number of carbonyl (C=O) groups excluding carboxylic acids is 1. The topological polar surface area (TPSA) is 67.2 Å². The smallest absolute Gasteiger partial charge is 0.255 e. The van der Waals surface area contributed by atoms with Crippen LogP contribution in [0.3, 0.4) is 0 Å². The first-order valence-corrected chi connectivity index (χ1v) is 8.25. The molecular formula is C18H23FN4O2. The lowest BCUT2D eigenvalue weighted by Gasteiger charge is -2.19. The highest BCUT2D eigenvalue weighted by Crippen LogP contribution is 2.15. The summed E-state index contributed by atoms with van der Waals surface area (Å²) >= 11 is 0. The van der Waals surface area contributed by atoms with E-state index in [1.807, 2.05) is 6.92 Å². The molecule has 134 valence electrons. The number of hydrogen-bond acceptors (Lipinski definition) is 4. The first kappa shape index (κ1) is 18.6. The number of anilines is 2. The fourth-order valence-corrected chi connectivity index (χ4v) is 2.34. The molecule has 2 aromatic rings. The summed E-state index contributed by atoms with van der Waals surface area (Å²) in [5, 5.41) is 2.92. The van der Waals surface area contributed by atoms with Gasteiger partial charge in [-0.05, 0) is 31.5 Å². The summed E-state index contributed by atoms with van der Waals surface area (Å²) in [7, 11) is 1.71. The van der Waals surface area contributed by atoms with Crippen molar-refractivity contribution in [1.82, 2.24) is 14.5 Å². The van der Waals surface area contributed by atoms with Gasteiger partial charge in [0.1, 0.15) is 12.4 Å². The van der Waals surface area contributed by atoms with Gasteiger partial charge < -0.3 is 10.2 Å². The van der Waals surface area contributed by atoms with Crippen LogP contribution in [0.1, 0.15) is 25.5 Å². The van der Waals surface area contributed by atoms with E-state index in [0.29, 0.717) is 17.9 Å². The quantitative estimate of drug-likeness (QED) is 0.837. The molecule has 1 heterocycles. The first-order valence-electron chi connectivity index (χ1n) is 8.25. The molecule has 0 atom stereocenters. The third-order valence-corrected chi connectivity index (χ3v) is 3.78. The molecule has 7 heteroatoms. The molecule has 1 amide bonds. The number of carbonyl (C=O) groups is 1. The van der Waals surface area contributed by atoms with Gasteiger partial charge in [-0.3, -0.25) is 14.2 Å². The van der Waals surface area contributed by atoms with Crippen LogP contribution in [-0.4, -0.2) is 34.0 Å². The van der Waals surface area contributed by atoms with Crippen molar-refractivity contribution >= 4 is 17.5 Å². The Balaban J connectivity index is 2.28. The minimum atomic E-state index is -0.401. The van der Waals surface area contributed by atoms with E-state index in [-0.39, 0.29) is 24.0 Å². The van der Waals surface area contributed by atoms with E-state index in [4.69, 9.17) is 0 Å². The van der Waals surface area contributed by atoms with Crippen molar-refractivity contribution in [2.45, 2.75) is 33.2 Å². The number of benzene rings is 1. The molecule has 25 heavy (non-hydrogen) atoms. The number of nitrogens with one attached hydrogen (secondary N) is 1. The van der Waals surface area contributed by atoms with Gasteiger partial charge in [0.15, 0.2) is 0 Å². The second kappa shape index (κ2) is 8.41. The van der Waals surface area contributed by atoms with Crippen molar-refractivity contribution in [1.29, 1.82) is 0 Å². The number of rotatable bonds is 7. The Kier molecular flexibility index (Phi) is 6.27. The number of aromatic nitrogens is 2. The van der Waals surface area contributed by atoms with E-state index in [1.54, 1.807) is 31.0 Å². The van der Waals surface area contributed by atoms with Crippen molar-refractivity contribution in [3.8, 4) is 0 Å². The van der Waals surface area contributed by atoms with Crippen molar-refractivity contribution in [2.75, 3.05) is 18.9 Å². The number of amides is 1. The Morgan fingerprint density at radius 2 is 2.12 bits per heavy atom. The van der Waals surface area contributed by atoms with Gasteiger partial charge in [0.25, 0.3) is 5.56 Å². The van der Waals surface area contributed by atoms with Crippen LogP contribution >= 0.6 is 0 Å². The Hall–Kier alpha value is -2.70. The molecule has 0 bridgehead atoms. The van der Waals surface area contributed by atoms with Gasteiger partial charge in [0.05, 0.1) is 0 Å². The van der Waals surface area contributed by atoms with E-state index in [1.165, 1.54) is 22.8 Å². The molecule has 0 saturated heterocycles. The molecule has 0 aliphatic carbocycles. The fourth-order valence-electron chi connectivity index (χ4n) is 2.34. The molecule has 0 radical (unpaired) electrons. The summed E-state index contributed by atoms with van der Waals surface area (Å²) in [6.07, 6.45) is 1.88. The number of hydrogen-bond donors (Lipinski definition) is 1. The average molecular weight is 346 g/mol. The summed E-state index contributed by atoms with van der Waals surface area (Å²) < 4.78 is 14.6. The Morgan fingerprint density at radius 3 is 2.80 bits per heavy atom. The lowest BCUT2D eigenvalue weighted by Crippen LogP contribution is -2.35. The Labute approximate surface area is 146 Å². The van der Waals surface area contributed by atoms with Crippen molar-refractivity contribution in [3.05, 3.63) is 52.2 Å². The normalized spacial score (nSPS) is 10.6. The molecule has 1 aromatic carbocycles. The van der Waals surface area contributed by atoms with Crippen LogP contribution in [0.2, 0.25) is 0 Å². The highest BCUT2D eigenvalue weighted by Gasteiger charge is 2.14. The third kappa shape index (κ3) is 5.14. The molecule has 0 spiro atoms. The van der Waals surface area contributed by atoms with Crippen LogP contribution in [-0.2, 0) is 11.3 Å². The standard InChI is InChI=1S/C18H23FN4O2/c1-4-5-9-22(3)17(25)12-23-16(24)10-13(2)20-18(23)21-15-8-6-7-14(19)11-15/h6-8,10-11H,4-5,9,12H2,1-3H3,(H,20,21). The average Bonchev–Trinajstić information content (AvgIpc) is 2.55. The Morgan fingerprint density at radius 1 is 1.36 bits per heavy atom. The molecule has 6 nitrogen and oxygen atoms in total. The maximum Gasteiger partial charge on any atom is 0.255 e. The minimum Gasteiger partial charge on any atom is -0.344 e. The van der Waals surface area contributed by atoms with Gasteiger partial charge in [0, 0.05) is 31.0 Å². The lowest BCUT2D eigenvalue weighted by atomic mass is 10.3. The highest BCUT2D eigenvalue weighted by atomic mass is 19.1. The molecule has 1 N–H and O–H groups in total. The predicted octanol–water partition coefficient (Wildman–Crippen LogP) is 2.69. The van der Waals surface area contributed by atoms with E-state index >= 15 is 0 Å². The largest absolute Gasteiger partial charge is 0.344 e. The van der Waals surface area contributed by atoms with E-state index in [0.717, 1.165) is 12.8 Å². The number of nitrogens with zero attached hydrogens (tertiary/aromatic N) is 3. The molecule has 0 aliphatic rings. The molecule has 0 fully saturated rings. The van der Waals surface area contributed by atoms with Crippen LogP contribution in [0, 0.1) is 12.7 Å². The zero-order valence-electron chi connectivity index (χ0n) is 14.8. The predicted molar refractivity (Wildman–Crippen MR) is 95.5 cm³/mol. The monoisotopic (exact) mass is 346 g/mol. The summed E-state index contributed by atoms with van der Waals surface area (Å²) in [5.74, 6) is -0.363. The maximum atomic E-state index is 13.4. The number of aryl methyl sites for hydroxylation is 1. The van der Waals surface area contributed by atoms with Gasteiger partial charge >= 0.3 is 0 Å². The van der Waals surface area contributed by atoms with Crippen LogP contribution in [0.25, 0.3) is 0 Å². The Bertz CT molecular complexity index is 804. The third-order valence-electron chi connectivity index (χ3n) is 3.78. The van der Waals surface area contributed by atoms with E-state index in [9.17, 15) is 14.0 Å². The summed E-state index contributed by atoms with van der Waals surface area (Å²) in [6.45, 7) is 4.26. The highest BCUT2D eigenvalue weighted by molar-refractivity contribution is 5.76. The van der Waals surface area contributed by atoms with Crippen molar-refractivity contribution in [2.24, 2.45) is 0 Å². The van der Waals surface area contributed by atoms with Crippen LogP contribution in [0.15, 0.2) is 35.1 Å². The number of unbranched alkanes of at least 4 members (excludes halogenated alkanes) is 1. The fraction of sp³-hybridized carbons (Fsp3) is 0.389. The maximum absolute atomic E-state index is 13.4. The van der Waals surface area contributed by atoms with Crippen LogP contribution < -0.4 is 10.9 Å². The van der Waals surface area contributed by atoms with Crippen molar-refractivity contribution < 1.29 is 9.18 Å². The van der Waals surface area contributed by atoms with Crippen LogP contribution in [0.5, 0.6) is 0 Å². The number of halogens is 1. The minimum absolute atomic E-state index is 0.121. The van der Waals surface area contributed by atoms with Gasteiger partial charge in [0.2, 0.25) is 11.9 Å². The zero-order valence-corrected chi connectivity index (χ0v) is 14.8. The molecule has 0 unspecified atom stereocenters. The second-order valence-electron chi connectivity index (χ2n) is 5.95. The van der Waals surface area contributed by atoms with E-state index in [2.05, 4.69) is 10.3 Å². The van der Waals surface area contributed by atoms with Gasteiger partial charge in [-0.25, -0.2) is 9.37 Å². The zero-order chi connectivity index (χ0) is 18.4. The molecule has 0 saturated carbocycles. The number of likely N-dealkylation sites (N-methyl/N-ethyl adjacent to an activating group) is 1. The molecule has 2 rings (SSSR count). The van der Waals surface area contributed by atoms with Gasteiger partial charge in [-0.1, -0.05) is 19.4 Å². The summed E-state index contributed by atoms with van der Waals surface area (Å²) in [5.41, 5.74) is 0.647. The second-order valence-corrected chi connectivity index (χ2v) is 5.95. The SMILES string of the molecule is CCCCN(C)C(=O)Cn1c(Nc2cccc(F)c2)nc(C)cc1=O. The lowest BCUT2D eigenvalue weighted by molar-refractivity contribution is -0.130. The first-order chi connectivity index (χ1) is 11.9. The van der Waals surface area contributed by atoms with Gasteiger partial charge in [-0.2, -0.15) is 0 Å². The van der Waals surface area contributed by atoms with Crippen molar-refractivity contribution in [3.63, 3.8) is 0 Å². The molecular weight excluding hydrogens is 323 g/mol. The van der Waals surface area contributed by atoms with E-state index < -0.39 is 5.82 Å².